The van der Waals surface area contributed by atoms with Gasteiger partial charge in [-0.3, -0.25) is 9.69 Å². The average molecular weight is 360 g/mol. The largest absolute Gasteiger partial charge is 0.416 e. The van der Waals surface area contributed by atoms with Gasteiger partial charge < -0.3 is 9.64 Å². The fourth-order valence-corrected chi connectivity index (χ4v) is 3.39. The molecule has 0 N–H and O–H groups in total. The van der Waals surface area contributed by atoms with Gasteiger partial charge in [0, 0.05) is 32.2 Å². The number of carbonyl (C=O) groups is 1. The summed E-state index contributed by atoms with van der Waals surface area (Å²) in [7, 11) is 0. The lowest BCUT2D eigenvalue weighted by Crippen LogP contribution is -2.46. The number of carbonyl (C=O) groups excluding carboxylic acids is 1. The van der Waals surface area contributed by atoms with E-state index in [4.69, 9.17) is 4.74 Å². The Kier molecular flexibility index (Phi) is 5.29. The summed E-state index contributed by atoms with van der Waals surface area (Å²) < 4.78 is 57.9. The third-order valence-corrected chi connectivity index (χ3v) is 4.73. The molecule has 2 fully saturated rings. The molecule has 8 heteroatoms. The van der Waals surface area contributed by atoms with Crippen LogP contribution in [0.2, 0.25) is 0 Å². The van der Waals surface area contributed by atoms with E-state index < -0.39 is 29.0 Å². The standard InChI is InChI=1S/C17H20F4N2O2/c18-15-4-3-12(17(19,20)21)10-14(15)16(24)23-5-1-2-13(23)11-22-6-8-25-9-7-22/h3-4,10,13H,1-2,5-9,11H2/t13-/m0/s1. The minimum absolute atomic E-state index is 0.112. The Morgan fingerprint density at radius 3 is 2.60 bits per heavy atom. The number of alkyl halides is 3. The summed E-state index contributed by atoms with van der Waals surface area (Å²) in [6, 6.07) is 1.87. The predicted molar refractivity (Wildman–Crippen MR) is 82.7 cm³/mol. The molecule has 0 spiro atoms. The van der Waals surface area contributed by atoms with Gasteiger partial charge in [0.25, 0.3) is 5.91 Å². The molecule has 25 heavy (non-hydrogen) atoms. The van der Waals surface area contributed by atoms with Crippen LogP contribution in [0.1, 0.15) is 28.8 Å². The molecule has 0 aromatic heterocycles. The smallest absolute Gasteiger partial charge is 0.379 e. The molecule has 0 unspecified atom stereocenters. The second-order valence-electron chi connectivity index (χ2n) is 6.40. The van der Waals surface area contributed by atoms with Crippen molar-refractivity contribution in [1.29, 1.82) is 0 Å². The first-order valence-corrected chi connectivity index (χ1v) is 8.34. The van der Waals surface area contributed by atoms with Gasteiger partial charge in [-0.1, -0.05) is 0 Å². The van der Waals surface area contributed by atoms with Gasteiger partial charge in [0.05, 0.1) is 24.3 Å². The first-order chi connectivity index (χ1) is 11.9. The second-order valence-corrected chi connectivity index (χ2v) is 6.40. The molecule has 2 aliphatic rings. The molecule has 3 rings (SSSR count). The van der Waals surface area contributed by atoms with Crippen molar-refractivity contribution < 1.29 is 27.1 Å². The highest BCUT2D eigenvalue weighted by Gasteiger charge is 2.35. The van der Waals surface area contributed by atoms with E-state index in [0.717, 1.165) is 25.9 Å². The van der Waals surface area contributed by atoms with Gasteiger partial charge in [-0.15, -0.1) is 0 Å². The first kappa shape index (κ1) is 18.1. The van der Waals surface area contributed by atoms with E-state index in [1.165, 1.54) is 4.90 Å². The van der Waals surface area contributed by atoms with Gasteiger partial charge >= 0.3 is 6.18 Å². The van der Waals surface area contributed by atoms with E-state index in [0.29, 0.717) is 44.5 Å². The maximum Gasteiger partial charge on any atom is 0.416 e. The van der Waals surface area contributed by atoms with Crippen molar-refractivity contribution in [3.63, 3.8) is 0 Å². The molecule has 2 aliphatic heterocycles. The molecule has 4 nitrogen and oxygen atoms in total. The summed E-state index contributed by atoms with van der Waals surface area (Å²) >= 11 is 0. The van der Waals surface area contributed by atoms with E-state index >= 15 is 0 Å². The summed E-state index contributed by atoms with van der Waals surface area (Å²) in [4.78, 5) is 16.4. The van der Waals surface area contributed by atoms with Crippen LogP contribution in [0.4, 0.5) is 17.6 Å². The van der Waals surface area contributed by atoms with Crippen molar-refractivity contribution in [3.8, 4) is 0 Å². The normalized spacial score (nSPS) is 22.4. The molecule has 1 aromatic carbocycles. The van der Waals surface area contributed by atoms with Crippen molar-refractivity contribution in [3.05, 3.63) is 35.1 Å². The zero-order valence-electron chi connectivity index (χ0n) is 13.7. The Hall–Kier alpha value is -1.67. The van der Waals surface area contributed by atoms with E-state index in [1.54, 1.807) is 0 Å². The highest BCUT2D eigenvalue weighted by molar-refractivity contribution is 5.95. The molecule has 2 saturated heterocycles. The Morgan fingerprint density at radius 2 is 1.92 bits per heavy atom. The Bertz CT molecular complexity index is 630. The van der Waals surface area contributed by atoms with Crippen LogP contribution in [0, 0.1) is 5.82 Å². The number of amides is 1. The zero-order valence-corrected chi connectivity index (χ0v) is 13.7. The molecular formula is C17H20F4N2O2. The van der Waals surface area contributed by atoms with Crippen molar-refractivity contribution in [2.45, 2.75) is 25.1 Å². The van der Waals surface area contributed by atoms with Crippen LogP contribution in [0.3, 0.4) is 0 Å². The molecule has 2 heterocycles. The summed E-state index contributed by atoms with van der Waals surface area (Å²) in [5.41, 5.74) is -1.52. The van der Waals surface area contributed by atoms with Gasteiger partial charge in [-0.25, -0.2) is 4.39 Å². The molecule has 1 aromatic rings. The molecular weight excluding hydrogens is 340 g/mol. The molecule has 1 amide bonds. The van der Waals surface area contributed by atoms with E-state index in [1.807, 2.05) is 0 Å². The molecule has 138 valence electrons. The van der Waals surface area contributed by atoms with Crippen molar-refractivity contribution in [2.75, 3.05) is 39.4 Å². The summed E-state index contributed by atoms with van der Waals surface area (Å²) in [6.45, 7) is 3.85. The third-order valence-electron chi connectivity index (χ3n) is 4.73. The lowest BCUT2D eigenvalue weighted by atomic mass is 10.1. The van der Waals surface area contributed by atoms with Gasteiger partial charge in [-0.2, -0.15) is 13.2 Å². The van der Waals surface area contributed by atoms with Crippen LogP contribution in [-0.4, -0.2) is 61.1 Å². The SMILES string of the molecule is O=C(c1cc(C(F)(F)F)ccc1F)N1CCC[C@H]1CN1CCOCC1. The van der Waals surface area contributed by atoms with Gasteiger partial charge in [0.15, 0.2) is 0 Å². The molecule has 0 radical (unpaired) electrons. The molecule has 0 aliphatic carbocycles. The topological polar surface area (TPSA) is 32.8 Å². The lowest BCUT2D eigenvalue weighted by Gasteiger charge is -2.33. The Morgan fingerprint density at radius 1 is 1.20 bits per heavy atom. The maximum atomic E-state index is 14.0. The predicted octanol–water partition coefficient (Wildman–Crippen LogP) is 2.78. The van der Waals surface area contributed by atoms with Gasteiger partial charge in [0.2, 0.25) is 0 Å². The fourth-order valence-electron chi connectivity index (χ4n) is 3.39. The number of nitrogens with zero attached hydrogens (tertiary/aromatic N) is 2. The molecule has 1 atom stereocenters. The van der Waals surface area contributed by atoms with Crippen LogP contribution < -0.4 is 0 Å². The zero-order chi connectivity index (χ0) is 18.0. The third kappa shape index (κ3) is 4.12. The number of hydrogen-bond donors (Lipinski definition) is 0. The van der Waals surface area contributed by atoms with Crippen LogP contribution in [0.25, 0.3) is 0 Å². The monoisotopic (exact) mass is 360 g/mol. The number of morpholine rings is 1. The number of halogens is 4. The molecule has 0 bridgehead atoms. The second kappa shape index (κ2) is 7.29. The van der Waals surface area contributed by atoms with Crippen molar-refractivity contribution >= 4 is 5.91 Å². The Balaban J connectivity index is 1.77. The molecule has 0 saturated carbocycles. The van der Waals surface area contributed by atoms with E-state index in [9.17, 15) is 22.4 Å². The summed E-state index contributed by atoms with van der Waals surface area (Å²) in [5.74, 6) is -1.59. The highest BCUT2D eigenvalue weighted by atomic mass is 19.4. The van der Waals surface area contributed by atoms with E-state index in [2.05, 4.69) is 4.90 Å². The number of rotatable bonds is 3. The van der Waals surface area contributed by atoms with Crippen LogP contribution in [0.15, 0.2) is 18.2 Å². The highest BCUT2D eigenvalue weighted by Crippen LogP contribution is 2.31. The minimum atomic E-state index is -4.61. The first-order valence-electron chi connectivity index (χ1n) is 8.34. The number of ether oxygens (including phenoxy) is 1. The average Bonchev–Trinajstić information content (AvgIpc) is 3.02. The summed E-state index contributed by atoms with van der Waals surface area (Å²) in [5, 5.41) is 0. The summed E-state index contributed by atoms with van der Waals surface area (Å²) in [6.07, 6.45) is -3.08. The van der Waals surface area contributed by atoms with E-state index in [-0.39, 0.29) is 6.04 Å². The number of likely N-dealkylation sites (tertiary alicyclic amines) is 1. The quantitative estimate of drug-likeness (QED) is 0.777. The number of hydrogen-bond acceptors (Lipinski definition) is 3. The number of benzene rings is 1. The van der Waals surface area contributed by atoms with Crippen LogP contribution >= 0.6 is 0 Å². The maximum absolute atomic E-state index is 14.0. The van der Waals surface area contributed by atoms with Gasteiger partial charge in [0.1, 0.15) is 5.82 Å². The van der Waals surface area contributed by atoms with Crippen LogP contribution in [-0.2, 0) is 10.9 Å². The Labute approximate surface area is 143 Å². The lowest BCUT2D eigenvalue weighted by molar-refractivity contribution is -0.137. The van der Waals surface area contributed by atoms with Gasteiger partial charge in [-0.05, 0) is 31.0 Å². The van der Waals surface area contributed by atoms with Crippen LogP contribution in [0.5, 0.6) is 0 Å². The van der Waals surface area contributed by atoms with Crippen molar-refractivity contribution in [2.24, 2.45) is 0 Å². The van der Waals surface area contributed by atoms with Crippen molar-refractivity contribution in [1.82, 2.24) is 9.80 Å². The minimum Gasteiger partial charge on any atom is -0.379 e. The fraction of sp³-hybridized carbons (Fsp3) is 0.588.